The van der Waals surface area contributed by atoms with E-state index >= 15 is 0 Å². The maximum absolute atomic E-state index is 2.57. The van der Waals surface area contributed by atoms with Crippen LogP contribution >= 0.6 is 0 Å². The van der Waals surface area contributed by atoms with Crippen molar-refractivity contribution in [3.8, 4) is 0 Å². The van der Waals surface area contributed by atoms with Gasteiger partial charge in [0.25, 0.3) is 0 Å². The van der Waals surface area contributed by atoms with E-state index in [0.29, 0.717) is 0 Å². The summed E-state index contributed by atoms with van der Waals surface area (Å²) in [6.07, 6.45) is 5.88. The summed E-state index contributed by atoms with van der Waals surface area (Å²) >= 11 is 0. The third-order valence-electron chi connectivity index (χ3n) is 6.71. The number of allylic oxidation sites excluding steroid dienone is 4. The molecule has 0 aliphatic heterocycles. The summed E-state index contributed by atoms with van der Waals surface area (Å²) in [5, 5.41) is 1.63. The summed E-state index contributed by atoms with van der Waals surface area (Å²) in [6.45, 7) is 16.0. The molecule has 1 aliphatic rings. The standard InChI is InChI=1S/C27H34Si/c1-8-23-13-24(9-2)15-26(14-23)28-27(16-19(4)20(5)22(27)7)17-25-12-10-11-18(3)21(25)6/h10-16H,8-9,17H2,1-7H3. The number of benzene rings is 2. The van der Waals surface area contributed by atoms with Crippen molar-refractivity contribution in [1.29, 1.82) is 0 Å². The average Bonchev–Trinajstić information content (AvgIpc) is 2.88. The van der Waals surface area contributed by atoms with Gasteiger partial charge in [-0.25, -0.2) is 0 Å². The summed E-state index contributed by atoms with van der Waals surface area (Å²) < 4.78 is 0. The Kier molecular flexibility index (Phi) is 6.14. The van der Waals surface area contributed by atoms with E-state index in [0.717, 1.165) is 28.8 Å². The van der Waals surface area contributed by atoms with Crippen molar-refractivity contribution < 1.29 is 0 Å². The van der Waals surface area contributed by atoms with E-state index in [9.17, 15) is 0 Å². The van der Waals surface area contributed by atoms with Gasteiger partial charge in [-0.05, 0) is 87.3 Å². The first-order valence-corrected chi connectivity index (χ1v) is 11.6. The molecular weight excluding hydrogens is 352 g/mol. The molecular formula is C27H34Si. The summed E-state index contributed by atoms with van der Waals surface area (Å²) in [6, 6.07) is 14.1. The van der Waals surface area contributed by atoms with E-state index in [-0.39, 0.29) is 5.04 Å². The molecule has 0 nitrogen and oxygen atoms in total. The van der Waals surface area contributed by atoms with Crippen molar-refractivity contribution in [3.63, 3.8) is 0 Å². The minimum absolute atomic E-state index is 0.115. The minimum atomic E-state index is 0.115. The molecule has 0 N–H and O–H groups in total. The van der Waals surface area contributed by atoms with E-state index in [2.05, 4.69) is 90.9 Å². The van der Waals surface area contributed by atoms with Crippen LogP contribution in [0.15, 0.2) is 59.2 Å². The van der Waals surface area contributed by atoms with Crippen molar-refractivity contribution in [1.82, 2.24) is 0 Å². The average molecular weight is 387 g/mol. The van der Waals surface area contributed by atoms with E-state index in [1.165, 1.54) is 44.2 Å². The molecule has 0 saturated carbocycles. The van der Waals surface area contributed by atoms with Gasteiger partial charge in [0.05, 0.1) is 9.52 Å². The van der Waals surface area contributed by atoms with Gasteiger partial charge in [-0.15, -0.1) is 0 Å². The SMILES string of the molecule is CCc1cc(CC)cc([Si]C2(Cc3cccc(C)c3C)C=C(C)C(C)=C2C)c1. The third kappa shape index (κ3) is 3.96. The molecule has 28 heavy (non-hydrogen) atoms. The fourth-order valence-corrected chi connectivity index (χ4v) is 6.35. The van der Waals surface area contributed by atoms with Gasteiger partial charge in [0.15, 0.2) is 0 Å². The second-order valence-corrected chi connectivity index (χ2v) is 10.2. The summed E-state index contributed by atoms with van der Waals surface area (Å²) in [5.41, 5.74) is 11.8. The van der Waals surface area contributed by atoms with Crippen LogP contribution in [0.2, 0.25) is 5.04 Å². The van der Waals surface area contributed by atoms with Gasteiger partial charge >= 0.3 is 0 Å². The van der Waals surface area contributed by atoms with Crippen LogP contribution in [0, 0.1) is 13.8 Å². The van der Waals surface area contributed by atoms with Gasteiger partial charge in [0.1, 0.15) is 0 Å². The molecule has 2 aromatic rings. The highest BCUT2D eigenvalue weighted by Gasteiger charge is 2.37. The molecule has 0 bridgehead atoms. The zero-order valence-corrected chi connectivity index (χ0v) is 19.7. The highest BCUT2D eigenvalue weighted by Crippen LogP contribution is 2.49. The number of hydrogen-bond acceptors (Lipinski definition) is 0. The fourth-order valence-electron chi connectivity index (χ4n) is 4.38. The first-order chi connectivity index (χ1) is 13.3. The summed E-state index contributed by atoms with van der Waals surface area (Å²) in [5.74, 6) is 0. The summed E-state index contributed by atoms with van der Waals surface area (Å²) in [7, 11) is 0.764. The second kappa shape index (κ2) is 8.25. The zero-order valence-electron chi connectivity index (χ0n) is 18.7. The van der Waals surface area contributed by atoms with Gasteiger partial charge in [-0.3, -0.25) is 0 Å². The van der Waals surface area contributed by atoms with Crippen molar-refractivity contribution in [2.45, 2.75) is 72.8 Å². The van der Waals surface area contributed by atoms with E-state index < -0.39 is 0 Å². The second-order valence-electron chi connectivity index (χ2n) is 8.45. The van der Waals surface area contributed by atoms with Crippen LogP contribution in [0.25, 0.3) is 0 Å². The van der Waals surface area contributed by atoms with Crippen molar-refractivity contribution in [3.05, 3.63) is 87.0 Å². The van der Waals surface area contributed by atoms with Gasteiger partial charge in [0.2, 0.25) is 0 Å². The Bertz CT molecular complexity index is 922. The van der Waals surface area contributed by atoms with E-state index in [1.807, 2.05) is 0 Å². The molecule has 1 heteroatoms. The van der Waals surface area contributed by atoms with Gasteiger partial charge in [-0.2, -0.15) is 0 Å². The third-order valence-corrected chi connectivity index (χ3v) is 8.43. The molecule has 0 saturated heterocycles. The molecule has 0 spiro atoms. The molecule has 1 unspecified atom stereocenters. The molecule has 0 heterocycles. The molecule has 0 amide bonds. The lowest BCUT2D eigenvalue weighted by Gasteiger charge is -2.31. The van der Waals surface area contributed by atoms with Crippen molar-refractivity contribution in [2.75, 3.05) is 0 Å². The highest BCUT2D eigenvalue weighted by atomic mass is 28.2. The maximum atomic E-state index is 2.57. The predicted molar refractivity (Wildman–Crippen MR) is 125 cm³/mol. The number of hydrogen-bond donors (Lipinski definition) is 0. The largest absolute Gasteiger partial charge is 0.0984 e. The fraction of sp³-hybridized carbons (Fsp3) is 0.407. The highest BCUT2D eigenvalue weighted by molar-refractivity contribution is 6.58. The van der Waals surface area contributed by atoms with Crippen LogP contribution in [-0.4, -0.2) is 9.52 Å². The molecule has 0 fully saturated rings. The minimum Gasteiger partial charge on any atom is -0.0736 e. The Morgan fingerprint density at radius 2 is 1.50 bits per heavy atom. The van der Waals surface area contributed by atoms with Crippen molar-refractivity contribution >= 4 is 14.7 Å². The maximum Gasteiger partial charge on any atom is 0.0984 e. The normalized spacial score (nSPS) is 19.3. The molecule has 0 aromatic heterocycles. The van der Waals surface area contributed by atoms with Gasteiger partial charge in [0, 0.05) is 5.04 Å². The summed E-state index contributed by atoms with van der Waals surface area (Å²) in [4.78, 5) is 0. The van der Waals surface area contributed by atoms with E-state index in [1.54, 1.807) is 5.57 Å². The monoisotopic (exact) mass is 386 g/mol. The molecule has 2 radical (unpaired) electrons. The van der Waals surface area contributed by atoms with Crippen LogP contribution in [0.4, 0.5) is 0 Å². The smallest absolute Gasteiger partial charge is 0.0736 e. The van der Waals surface area contributed by atoms with Crippen LogP contribution < -0.4 is 5.19 Å². The number of rotatable bonds is 6. The molecule has 1 atom stereocenters. The predicted octanol–water partition coefficient (Wildman–Crippen LogP) is 6.46. The topological polar surface area (TPSA) is 0 Å². The lowest BCUT2D eigenvalue weighted by molar-refractivity contribution is 0.774. The van der Waals surface area contributed by atoms with Crippen LogP contribution in [-0.2, 0) is 19.3 Å². The van der Waals surface area contributed by atoms with Gasteiger partial charge < -0.3 is 0 Å². The quantitative estimate of drug-likeness (QED) is 0.500. The Hall–Kier alpha value is -1.86. The molecule has 1 aliphatic carbocycles. The molecule has 3 rings (SSSR count). The lowest BCUT2D eigenvalue weighted by atomic mass is 9.89. The van der Waals surface area contributed by atoms with Crippen LogP contribution in [0.1, 0.15) is 62.4 Å². The van der Waals surface area contributed by atoms with Crippen LogP contribution in [0.5, 0.6) is 0 Å². The Balaban J connectivity index is 2.08. The first kappa shape index (κ1) is 20.9. The lowest BCUT2D eigenvalue weighted by Crippen LogP contribution is -2.31. The molecule has 146 valence electrons. The molecule has 2 aromatic carbocycles. The Morgan fingerprint density at radius 1 is 0.857 bits per heavy atom. The first-order valence-electron chi connectivity index (χ1n) is 10.6. The van der Waals surface area contributed by atoms with Crippen molar-refractivity contribution in [2.24, 2.45) is 0 Å². The Morgan fingerprint density at radius 3 is 2.04 bits per heavy atom. The Labute approximate surface area is 174 Å². The zero-order chi connectivity index (χ0) is 20.5. The van der Waals surface area contributed by atoms with E-state index in [4.69, 9.17) is 0 Å². The van der Waals surface area contributed by atoms with Gasteiger partial charge in [-0.1, -0.05) is 72.7 Å². The van der Waals surface area contributed by atoms with Crippen LogP contribution in [0.3, 0.4) is 0 Å². The number of aryl methyl sites for hydroxylation is 3.